The molecule has 19 heavy (non-hydrogen) atoms. The molecule has 1 rings (SSSR count). The van der Waals surface area contributed by atoms with E-state index in [0.717, 1.165) is 6.26 Å². The van der Waals surface area contributed by atoms with E-state index in [1.807, 2.05) is 0 Å². The fraction of sp³-hybridized carbons (Fsp3) is 0.455. The van der Waals surface area contributed by atoms with Crippen molar-refractivity contribution < 1.29 is 23.1 Å². The SMILES string of the molecule is Cc1[nH]cc(NC(=O)C(C)(C)S(C)(=O)=O)c1C(=O)O. The van der Waals surface area contributed by atoms with Crippen LogP contribution in [0.4, 0.5) is 5.69 Å². The maximum atomic E-state index is 12.0. The monoisotopic (exact) mass is 288 g/mol. The number of aromatic nitrogens is 1. The van der Waals surface area contributed by atoms with Gasteiger partial charge in [0.05, 0.1) is 5.69 Å². The van der Waals surface area contributed by atoms with Gasteiger partial charge in [-0.1, -0.05) is 0 Å². The maximum absolute atomic E-state index is 12.0. The van der Waals surface area contributed by atoms with Gasteiger partial charge in [0.2, 0.25) is 5.91 Å². The van der Waals surface area contributed by atoms with Crippen molar-refractivity contribution in [1.29, 1.82) is 0 Å². The third kappa shape index (κ3) is 2.78. The standard InChI is InChI=1S/C11H16N2O5S/c1-6-8(9(14)15)7(5-12-6)13-10(16)11(2,3)19(4,17)18/h5,12H,1-4H3,(H,13,16)(H,14,15). The summed E-state index contributed by atoms with van der Waals surface area (Å²) in [6.07, 6.45) is 2.27. The summed E-state index contributed by atoms with van der Waals surface area (Å²) in [5.41, 5.74) is 0.337. The zero-order valence-electron chi connectivity index (χ0n) is 11.1. The molecule has 1 aromatic heterocycles. The zero-order chi connectivity index (χ0) is 15.0. The second-order valence-corrected chi connectivity index (χ2v) is 7.31. The van der Waals surface area contributed by atoms with Crippen LogP contribution in [0.1, 0.15) is 29.9 Å². The van der Waals surface area contributed by atoms with Crippen molar-refractivity contribution in [2.45, 2.75) is 25.5 Å². The summed E-state index contributed by atoms with van der Waals surface area (Å²) in [6, 6.07) is 0. The van der Waals surface area contributed by atoms with E-state index in [4.69, 9.17) is 5.11 Å². The van der Waals surface area contributed by atoms with Crippen LogP contribution in [-0.2, 0) is 14.6 Å². The average Bonchev–Trinajstić information content (AvgIpc) is 2.57. The van der Waals surface area contributed by atoms with Crippen LogP contribution in [0.2, 0.25) is 0 Å². The summed E-state index contributed by atoms with van der Waals surface area (Å²) in [5, 5.41) is 11.4. The van der Waals surface area contributed by atoms with Crippen LogP contribution in [0, 0.1) is 6.92 Å². The molecule has 106 valence electrons. The van der Waals surface area contributed by atoms with Gasteiger partial charge in [0.15, 0.2) is 9.84 Å². The molecule has 0 unspecified atom stereocenters. The Morgan fingerprint density at radius 2 is 1.89 bits per heavy atom. The first kappa shape index (κ1) is 15.2. The van der Waals surface area contributed by atoms with E-state index < -0.39 is 26.5 Å². The van der Waals surface area contributed by atoms with Gasteiger partial charge in [-0.25, -0.2) is 13.2 Å². The molecule has 0 radical (unpaired) electrons. The number of carboxylic acids is 1. The molecule has 7 nitrogen and oxygen atoms in total. The minimum Gasteiger partial charge on any atom is -0.478 e. The number of hydrogen-bond acceptors (Lipinski definition) is 4. The van der Waals surface area contributed by atoms with Crippen LogP contribution in [0.15, 0.2) is 6.20 Å². The quantitative estimate of drug-likeness (QED) is 0.757. The molecule has 0 saturated heterocycles. The van der Waals surface area contributed by atoms with Crippen molar-refractivity contribution in [3.63, 3.8) is 0 Å². The Balaban J connectivity index is 3.12. The summed E-state index contributed by atoms with van der Waals surface area (Å²) in [4.78, 5) is 25.7. The number of nitrogens with one attached hydrogen (secondary N) is 2. The summed E-state index contributed by atoms with van der Waals surface area (Å²) < 4.78 is 21.4. The van der Waals surface area contributed by atoms with E-state index in [0.29, 0.717) is 5.69 Å². The van der Waals surface area contributed by atoms with Gasteiger partial charge in [0, 0.05) is 18.1 Å². The van der Waals surface area contributed by atoms with Crippen LogP contribution in [0.5, 0.6) is 0 Å². The van der Waals surface area contributed by atoms with E-state index >= 15 is 0 Å². The molecule has 0 saturated carbocycles. The molecule has 0 spiro atoms. The Kier molecular flexibility index (Phi) is 3.76. The lowest BCUT2D eigenvalue weighted by atomic mass is 10.1. The van der Waals surface area contributed by atoms with Crippen LogP contribution in [-0.4, -0.2) is 41.4 Å². The molecular formula is C11H16N2O5S. The molecular weight excluding hydrogens is 272 g/mol. The molecule has 1 aromatic rings. The van der Waals surface area contributed by atoms with E-state index in [1.165, 1.54) is 20.0 Å². The van der Waals surface area contributed by atoms with Crippen molar-refractivity contribution in [2.75, 3.05) is 11.6 Å². The number of H-pyrrole nitrogens is 1. The Labute approximate surface area is 110 Å². The number of rotatable bonds is 4. The van der Waals surface area contributed by atoms with Gasteiger partial charge in [-0.2, -0.15) is 0 Å². The molecule has 1 amide bonds. The Hall–Kier alpha value is -1.83. The first-order chi connectivity index (χ1) is 8.48. The maximum Gasteiger partial charge on any atom is 0.339 e. The topological polar surface area (TPSA) is 116 Å². The summed E-state index contributed by atoms with van der Waals surface area (Å²) in [6.45, 7) is 4.07. The molecule has 3 N–H and O–H groups in total. The van der Waals surface area contributed by atoms with Gasteiger partial charge in [-0.15, -0.1) is 0 Å². The van der Waals surface area contributed by atoms with Crippen molar-refractivity contribution in [3.05, 3.63) is 17.5 Å². The molecule has 0 aliphatic rings. The first-order valence-corrected chi connectivity index (χ1v) is 7.30. The lowest BCUT2D eigenvalue weighted by Crippen LogP contribution is -2.44. The fourth-order valence-electron chi connectivity index (χ4n) is 1.34. The predicted octanol–water partition coefficient (Wildman–Crippen LogP) is 0.783. The lowest BCUT2D eigenvalue weighted by Gasteiger charge is -2.21. The van der Waals surface area contributed by atoms with Gasteiger partial charge in [-0.05, 0) is 20.8 Å². The summed E-state index contributed by atoms with van der Waals surface area (Å²) in [7, 11) is -3.62. The number of hydrogen-bond donors (Lipinski definition) is 3. The van der Waals surface area contributed by atoms with Crippen molar-refractivity contribution in [1.82, 2.24) is 4.98 Å². The predicted molar refractivity (Wildman–Crippen MR) is 70.0 cm³/mol. The molecule has 0 atom stereocenters. The van der Waals surface area contributed by atoms with E-state index in [2.05, 4.69) is 10.3 Å². The molecule has 0 aromatic carbocycles. The van der Waals surface area contributed by atoms with Crippen LogP contribution in [0.25, 0.3) is 0 Å². The Morgan fingerprint density at radius 3 is 2.32 bits per heavy atom. The second-order valence-electron chi connectivity index (χ2n) is 4.74. The van der Waals surface area contributed by atoms with Crippen LogP contribution >= 0.6 is 0 Å². The minimum absolute atomic E-state index is 0.0479. The first-order valence-electron chi connectivity index (χ1n) is 5.40. The van der Waals surface area contributed by atoms with Crippen molar-refractivity contribution in [3.8, 4) is 0 Å². The number of carbonyl (C=O) groups is 2. The molecule has 0 fully saturated rings. The molecule has 0 aliphatic carbocycles. The lowest BCUT2D eigenvalue weighted by molar-refractivity contribution is -0.117. The minimum atomic E-state index is -3.62. The molecule has 0 aliphatic heterocycles. The normalized spacial score (nSPS) is 12.2. The highest BCUT2D eigenvalue weighted by molar-refractivity contribution is 7.92. The van der Waals surface area contributed by atoms with E-state index in [9.17, 15) is 18.0 Å². The number of aromatic amines is 1. The molecule has 0 bridgehead atoms. The van der Waals surface area contributed by atoms with Gasteiger partial charge in [-0.3, -0.25) is 4.79 Å². The van der Waals surface area contributed by atoms with Gasteiger partial charge < -0.3 is 15.4 Å². The zero-order valence-corrected chi connectivity index (χ0v) is 11.9. The molecule has 8 heteroatoms. The number of aromatic carboxylic acids is 1. The number of amides is 1. The number of sulfone groups is 1. The Morgan fingerprint density at radius 1 is 1.37 bits per heavy atom. The number of anilines is 1. The van der Waals surface area contributed by atoms with Crippen molar-refractivity contribution in [2.24, 2.45) is 0 Å². The molecule has 1 heterocycles. The van der Waals surface area contributed by atoms with Gasteiger partial charge in [0.1, 0.15) is 10.3 Å². The van der Waals surface area contributed by atoms with Gasteiger partial charge in [0.25, 0.3) is 0 Å². The van der Waals surface area contributed by atoms with Crippen molar-refractivity contribution >= 4 is 27.4 Å². The van der Waals surface area contributed by atoms with E-state index in [1.54, 1.807) is 6.92 Å². The average molecular weight is 288 g/mol. The fourth-order valence-corrected chi connectivity index (χ4v) is 1.73. The summed E-state index contributed by atoms with van der Waals surface area (Å²) >= 11 is 0. The largest absolute Gasteiger partial charge is 0.478 e. The van der Waals surface area contributed by atoms with Gasteiger partial charge >= 0.3 is 5.97 Å². The van der Waals surface area contributed by atoms with Crippen LogP contribution < -0.4 is 5.32 Å². The second kappa shape index (κ2) is 4.69. The summed E-state index contributed by atoms with van der Waals surface area (Å²) in [5.74, 6) is -1.98. The highest BCUT2D eigenvalue weighted by atomic mass is 32.2. The smallest absolute Gasteiger partial charge is 0.339 e. The number of carboxylic acid groups (broad SMARTS) is 1. The number of aryl methyl sites for hydroxylation is 1. The highest BCUT2D eigenvalue weighted by Crippen LogP contribution is 2.23. The highest BCUT2D eigenvalue weighted by Gasteiger charge is 2.39. The Bertz CT molecular complexity index is 628. The third-order valence-corrected chi connectivity index (χ3v) is 5.05. The number of carbonyl (C=O) groups excluding carboxylic acids is 1. The van der Waals surface area contributed by atoms with Crippen LogP contribution in [0.3, 0.4) is 0 Å². The third-order valence-electron chi connectivity index (χ3n) is 3.01. The van der Waals surface area contributed by atoms with E-state index in [-0.39, 0.29) is 11.3 Å².